The van der Waals surface area contributed by atoms with Crippen molar-refractivity contribution in [3.63, 3.8) is 0 Å². The van der Waals surface area contributed by atoms with Gasteiger partial charge in [0.25, 0.3) is 0 Å². The number of fused-ring (bicyclic) bond motifs is 1. The van der Waals surface area contributed by atoms with Gasteiger partial charge in [-0.05, 0) is 31.2 Å². The highest BCUT2D eigenvalue weighted by molar-refractivity contribution is 5.83. The number of aromatic nitrogens is 1. The van der Waals surface area contributed by atoms with E-state index in [-0.39, 0.29) is 6.29 Å². The molecular formula is C18H17NO2. The minimum Gasteiger partial charge on any atom is -0.346 e. The zero-order valence-electron chi connectivity index (χ0n) is 12.0. The van der Waals surface area contributed by atoms with Gasteiger partial charge in [-0.1, -0.05) is 30.3 Å². The van der Waals surface area contributed by atoms with E-state index >= 15 is 0 Å². The highest BCUT2D eigenvalue weighted by Gasteiger charge is 2.19. The van der Waals surface area contributed by atoms with Crippen LogP contribution >= 0.6 is 0 Å². The van der Waals surface area contributed by atoms with Gasteiger partial charge in [-0.3, -0.25) is 0 Å². The van der Waals surface area contributed by atoms with E-state index in [4.69, 9.17) is 9.47 Å². The number of nitrogens with zero attached hydrogens (tertiary/aromatic N) is 1. The second kappa shape index (κ2) is 5.02. The summed E-state index contributed by atoms with van der Waals surface area (Å²) in [5, 5.41) is 1.26. The Kier molecular flexibility index (Phi) is 3.02. The zero-order valence-corrected chi connectivity index (χ0v) is 12.0. The lowest BCUT2D eigenvalue weighted by Crippen LogP contribution is -2.01. The number of ether oxygens (including phenoxy) is 2. The smallest absolute Gasteiger partial charge is 0.184 e. The Balaban J connectivity index is 1.85. The summed E-state index contributed by atoms with van der Waals surface area (Å²) in [5.41, 5.74) is 4.66. The largest absolute Gasteiger partial charge is 0.346 e. The third-order valence-electron chi connectivity index (χ3n) is 3.92. The van der Waals surface area contributed by atoms with Crippen molar-refractivity contribution in [2.75, 3.05) is 13.2 Å². The van der Waals surface area contributed by atoms with Crippen molar-refractivity contribution in [3.8, 4) is 5.69 Å². The first-order valence-corrected chi connectivity index (χ1v) is 7.23. The molecule has 3 nitrogen and oxygen atoms in total. The van der Waals surface area contributed by atoms with Gasteiger partial charge in [0.2, 0.25) is 0 Å². The Morgan fingerprint density at radius 2 is 1.76 bits per heavy atom. The molecule has 0 atom stereocenters. The molecule has 1 aliphatic heterocycles. The number of benzene rings is 2. The van der Waals surface area contributed by atoms with E-state index < -0.39 is 0 Å². The van der Waals surface area contributed by atoms with E-state index in [2.05, 4.69) is 66.1 Å². The first-order valence-electron chi connectivity index (χ1n) is 7.23. The molecule has 2 aromatic carbocycles. The van der Waals surface area contributed by atoms with Crippen LogP contribution in [0.5, 0.6) is 0 Å². The van der Waals surface area contributed by atoms with Crippen LogP contribution < -0.4 is 0 Å². The average Bonchev–Trinajstić information content (AvgIpc) is 3.14. The monoisotopic (exact) mass is 279 g/mol. The van der Waals surface area contributed by atoms with E-state index in [0.717, 1.165) is 11.3 Å². The third kappa shape index (κ3) is 2.15. The molecule has 0 aliphatic carbocycles. The quantitative estimate of drug-likeness (QED) is 0.708. The minimum absolute atomic E-state index is 0.230. The van der Waals surface area contributed by atoms with Gasteiger partial charge in [0.05, 0.1) is 18.7 Å². The summed E-state index contributed by atoms with van der Waals surface area (Å²) < 4.78 is 13.5. The highest BCUT2D eigenvalue weighted by atomic mass is 16.7. The fourth-order valence-electron chi connectivity index (χ4n) is 3.00. The summed E-state index contributed by atoms with van der Waals surface area (Å²) in [7, 11) is 0. The lowest BCUT2D eigenvalue weighted by Gasteiger charge is -2.13. The molecule has 1 aromatic heterocycles. The molecule has 0 amide bonds. The molecule has 2 heterocycles. The van der Waals surface area contributed by atoms with Crippen LogP contribution in [-0.4, -0.2) is 17.8 Å². The van der Waals surface area contributed by atoms with E-state index in [1.54, 1.807) is 0 Å². The second-order valence-corrected chi connectivity index (χ2v) is 5.35. The molecule has 21 heavy (non-hydrogen) atoms. The molecule has 4 rings (SSSR count). The van der Waals surface area contributed by atoms with Crippen molar-refractivity contribution in [3.05, 3.63) is 65.9 Å². The molecule has 0 N–H and O–H groups in total. The van der Waals surface area contributed by atoms with Crippen molar-refractivity contribution in [2.24, 2.45) is 0 Å². The summed E-state index contributed by atoms with van der Waals surface area (Å²) in [4.78, 5) is 0. The van der Waals surface area contributed by atoms with E-state index in [1.165, 1.54) is 16.6 Å². The van der Waals surface area contributed by atoms with Gasteiger partial charge >= 0.3 is 0 Å². The molecule has 0 radical (unpaired) electrons. The van der Waals surface area contributed by atoms with Crippen molar-refractivity contribution in [1.82, 2.24) is 4.57 Å². The van der Waals surface area contributed by atoms with Crippen molar-refractivity contribution in [2.45, 2.75) is 13.2 Å². The van der Waals surface area contributed by atoms with Gasteiger partial charge < -0.3 is 14.0 Å². The number of hydrogen-bond acceptors (Lipinski definition) is 2. The van der Waals surface area contributed by atoms with E-state index in [9.17, 15) is 0 Å². The second-order valence-electron chi connectivity index (χ2n) is 5.35. The first kappa shape index (κ1) is 12.6. The number of hydrogen-bond donors (Lipinski definition) is 0. The summed E-state index contributed by atoms with van der Waals surface area (Å²) in [6.07, 6.45) is -0.230. The maximum atomic E-state index is 5.60. The van der Waals surface area contributed by atoms with Gasteiger partial charge in [0, 0.05) is 22.3 Å². The Bertz CT molecular complexity index is 785. The Morgan fingerprint density at radius 1 is 0.952 bits per heavy atom. The van der Waals surface area contributed by atoms with Crippen molar-refractivity contribution < 1.29 is 9.47 Å². The van der Waals surface area contributed by atoms with Gasteiger partial charge in [-0.15, -0.1) is 0 Å². The summed E-state index contributed by atoms with van der Waals surface area (Å²) >= 11 is 0. The normalized spacial score (nSPS) is 15.9. The van der Waals surface area contributed by atoms with Crippen LogP contribution in [-0.2, 0) is 9.47 Å². The predicted molar refractivity (Wildman–Crippen MR) is 82.7 cm³/mol. The fourth-order valence-corrected chi connectivity index (χ4v) is 3.00. The third-order valence-corrected chi connectivity index (χ3v) is 3.92. The summed E-state index contributed by atoms with van der Waals surface area (Å²) in [5.74, 6) is 0. The van der Waals surface area contributed by atoms with Crippen LogP contribution in [0.2, 0.25) is 0 Å². The zero-order chi connectivity index (χ0) is 14.2. The first-order chi connectivity index (χ1) is 10.3. The molecule has 106 valence electrons. The van der Waals surface area contributed by atoms with Gasteiger partial charge in [-0.25, -0.2) is 0 Å². The molecule has 1 saturated heterocycles. The maximum absolute atomic E-state index is 5.60. The van der Waals surface area contributed by atoms with E-state index in [1.807, 2.05) is 0 Å². The van der Waals surface area contributed by atoms with Crippen molar-refractivity contribution >= 4 is 10.9 Å². The van der Waals surface area contributed by atoms with Crippen molar-refractivity contribution in [1.29, 1.82) is 0 Å². The minimum atomic E-state index is -0.230. The van der Waals surface area contributed by atoms with Gasteiger partial charge in [0.15, 0.2) is 6.29 Å². The predicted octanol–water partition coefficient (Wildman–Crippen LogP) is 3.98. The van der Waals surface area contributed by atoms with Gasteiger partial charge in [-0.2, -0.15) is 0 Å². The molecule has 0 unspecified atom stereocenters. The number of para-hydroxylation sites is 1. The molecule has 3 aromatic rings. The Hall–Kier alpha value is -2.10. The molecule has 1 fully saturated rings. The summed E-state index contributed by atoms with van der Waals surface area (Å²) in [6, 6.07) is 19.0. The van der Waals surface area contributed by atoms with Crippen LogP contribution in [0, 0.1) is 6.92 Å². The molecule has 0 saturated carbocycles. The van der Waals surface area contributed by atoms with Crippen LogP contribution in [0.15, 0.2) is 54.6 Å². The lowest BCUT2D eigenvalue weighted by molar-refractivity contribution is -0.0441. The molecule has 3 heteroatoms. The number of aryl methyl sites for hydroxylation is 1. The fraction of sp³-hybridized carbons (Fsp3) is 0.222. The van der Waals surface area contributed by atoms with E-state index in [0.29, 0.717) is 13.2 Å². The van der Waals surface area contributed by atoms with Crippen LogP contribution in [0.4, 0.5) is 0 Å². The van der Waals surface area contributed by atoms with Crippen LogP contribution in [0.25, 0.3) is 16.6 Å². The van der Waals surface area contributed by atoms with Gasteiger partial charge in [0.1, 0.15) is 0 Å². The molecule has 1 aliphatic rings. The lowest BCUT2D eigenvalue weighted by atomic mass is 10.2. The molecular weight excluding hydrogens is 262 g/mol. The Morgan fingerprint density at radius 3 is 2.62 bits per heavy atom. The average molecular weight is 279 g/mol. The molecule has 0 bridgehead atoms. The SMILES string of the molecule is Cc1cc2ccccc2n1-c1cccc(C2OCCO2)c1. The standard InChI is InChI=1S/C18H17NO2/c1-13-11-14-5-2-3-8-17(14)19(13)16-7-4-6-15(12-16)18-20-9-10-21-18/h2-8,11-12,18H,9-10H2,1H3. The summed E-state index contributed by atoms with van der Waals surface area (Å²) in [6.45, 7) is 3.47. The van der Waals surface area contributed by atoms with Crippen LogP contribution in [0.1, 0.15) is 17.5 Å². The Labute approximate surface area is 123 Å². The maximum Gasteiger partial charge on any atom is 0.184 e. The number of rotatable bonds is 2. The highest BCUT2D eigenvalue weighted by Crippen LogP contribution is 2.28. The topological polar surface area (TPSA) is 23.4 Å². The van der Waals surface area contributed by atoms with Crippen LogP contribution in [0.3, 0.4) is 0 Å². The molecule has 0 spiro atoms.